The summed E-state index contributed by atoms with van der Waals surface area (Å²) in [6, 6.07) is 10.6. The SMILES string of the molecule is CC[C@@H](C)NC(=O)CN(Cc1c(Cl)cccc1Cl)S(=O)(=O)c1ccc(Cl)cc1. The van der Waals surface area contributed by atoms with Gasteiger partial charge in [0, 0.05) is 33.2 Å². The van der Waals surface area contributed by atoms with E-state index >= 15 is 0 Å². The minimum atomic E-state index is -3.99. The van der Waals surface area contributed by atoms with Gasteiger partial charge >= 0.3 is 0 Å². The highest BCUT2D eigenvalue weighted by atomic mass is 35.5. The van der Waals surface area contributed by atoms with Crippen molar-refractivity contribution in [1.82, 2.24) is 9.62 Å². The summed E-state index contributed by atoms with van der Waals surface area (Å²) in [5.74, 6) is -0.407. The highest BCUT2D eigenvalue weighted by molar-refractivity contribution is 7.89. The summed E-state index contributed by atoms with van der Waals surface area (Å²) in [6.07, 6.45) is 0.728. The fraction of sp³-hybridized carbons (Fsp3) is 0.316. The lowest BCUT2D eigenvalue weighted by Crippen LogP contribution is -2.43. The average molecular weight is 464 g/mol. The van der Waals surface area contributed by atoms with Gasteiger partial charge in [0.25, 0.3) is 0 Å². The van der Waals surface area contributed by atoms with Gasteiger partial charge in [0.15, 0.2) is 0 Å². The van der Waals surface area contributed by atoms with Crippen molar-refractivity contribution in [3.8, 4) is 0 Å². The molecule has 0 aliphatic heterocycles. The zero-order valence-corrected chi connectivity index (χ0v) is 18.5. The molecule has 0 fully saturated rings. The van der Waals surface area contributed by atoms with Crippen molar-refractivity contribution in [3.63, 3.8) is 0 Å². The molecule has 5 nitrogen and oxygen atoms in total. The van der Waals surface area contributed by atoms with Gasteiger partial charge in [-0.15, -0.1) is 0 Å². The van der Waals surface area contributed by atoms with E-state index in [-0.39, 0.29) is 24.0 Å². The van der Waals surface area contributed by atoms with Crippen LogP contribution in [0, 0.1) is 0 Å². The molecular weight excluding hydrogens is 443 g/mol. The van der Waals surface area contributed by atoms with Crippen molar-refractivity contribution < 1.29 is 13.2 Å². The quantitative estimate of drug-likeness (QED) is 0.614. The number of hydrogen-bond acceptors (Lipinski definition) is 3. The Morgan fingerprint density at radius 3 is 2.18 bits per heavy atom. The summed E-state index contributed by atoms with van der Waals surface area (Å²) in [5.41, 5.74) is 0.430. The Bertz CT molecular complexity index is 914. The molecule has 0 aliphatic carbocycles. The molecule has 0 unspecified atom stereocenters. The van der Waals surface area contributed by atoms with E-state index in [1.165, 1.54) is 24.3 Å². The minimum Gasteiger partial charge on any atom is -0.353 e. The fourth-order valence-corrected chi connectivity index (χ4v) is 4.43. The molecule has 2 aromatic carbocycles. The third-order valence-electron chi connectivity index (χ3n) is 4.19. The largest absolute Gasteiger partial charge is 0.353 e. The van der Waals surface area contributed by atoms with Gasteiger partial charge in [0.2, 0.25) is 15.9 Å². The zero-order valence-electron chi connectivity index (χ0n) is 15.5. The molecule has 0 saturated carbocycles. The molecule has 0 aromatic heterocycles. The Labute approximate surface area is 180 Å². The Morgan fingerprint density at radius 2 is 1.64 bits per heavy atom. The second-order valence-corrected chi connectivity index (χ2v) is 9.49. The van der Waals surface area contributed by atoms with Gasteiger partial charge in [-0.05, 0) is 49.7 Å². The second-order valence-electron chi connectivity index (χ2n) is 6.30. The van der Waals surface area contributed by atoms with E-state index in [0.717, 1.165) is 10.7 Å². The van der Waals surface area contributed by atoms with Crippen LogP contribution in [-0.2, 0) is 21.4 Å². The van der Waals surface area contributed by atoms with E-state index < -0.39 is 15.9 Å². The number of amides is 1. The number of halogens is 3. The van der Waals surface area contributed by atoms with Crippen molar-refractivity contribution in [3.05, 3.63) is 63.1 Å². The van der Waals surface area contributed by atoms with Crippen LogP contribution < -0.4 is 5.32 Å². The Kier molecular flexibility index (Phi) is 8.16. The van der Waals surface area contributed by atoms with Crippen LogP contribution in [0.4, 0.5) is 0 Å². The van der Waals surface area contributed by atoms with E-state index in [1.807, 2.05) is 13.8 Å². The first-order chi connectivity index (χ1) is 13.1. The van der Waals surface area contributed by atoms with Crippen LogP contribution in [0.25, 0.3) is 0 Å². The van der Waals surface area contributed by atoms with Crippen LogP contribution in [0.2, 0.25) is 15.1 Å². The van der Waals surface area contributed by atoms with Crippen molar-refractivity contribution in [2.24, 2.45) is 0 Å². The van der Waals surface area contributed by atoms with Crippen LogP contribution >= 0.6 is 34.8 Å². The number of hydrogen-bond donors (Lipinski definition) is 1. The molecule has 0 bridgehead atoms. The lowest BCUT2D eigenvalue weighted by molar-refractivity contribution is -0.122. The first kappa shape index (κ1) is 23.0. The molecule has 0 radical (unpaired) electrons. The molecule has 152 valence electrons. The Balaban J connectivity index is 2.40. The van der Waals surface area contributed by atoms with Crippen molar-refractivity contribution in [1.29, 1.82) is 0 Å². The number of nitrogens with zero attached hydrogens (tertiary/aromatic N) is 1. The molecule has 0 spiro atoms. The second kappa shape index (κ2) is 9.94. The van der Waals surface area contributed by atoms with Gasteiger partial charge < -0.3 is 5.32 Å². The van der Waals surface area contributed by atoms with Crippen LogP contribution in [0.15, 0.2) is 47.4 Å². The summed E-state index contributed by atoms with van der Waals surface area (Å²) < 4.78 is 27.4. The van der Waals surface area contributed by atoms with Gasteiger partial charge in [0.1, 0.15) is 0 Å². The van der Waals surface area contributed by atoms with E-state index in [0.29, 0.717) is 20.6 Å². The van der Waals surface area contributed by atoms with Crippen LogP contribution in [0.3, 0.4) is 0 Å². The highest BCUT2D eigenvalue weighted by Crippen LogP contribution is 2.28. The lowest BCUT2D eigenvalue weighted by atomic mass is 10.2. The lowest BCUT2D eigenvalue weighted by Gasteiger charge is -2.24. The molecule has 1 amide bonds. The van der Waals surface area contributed by atoms with E-state index in [2.05, 4.69) is 5.32 Å². The molecular formula is C19H21Cl3N2O3S. The highest BCUT2D eigenvalue weighted by Gasteiger charge is 2.28. The normalized spacial score (nSPS) is 12.8. The number of rotatable bonds is 8. The maximum atomic E-state index is 13.2. The molecule has 2 rings (SSSR count). The van der Waals surface area contributed by atoms with Gasteiger partial charge in [-0.25, -0.2) is 8.42 Å². The number of benzene rings is 2. The van der Waals surface area contributed by atoms with E-state index in [9.17, 15) is 13.2 Å². The molecule has 0 saturated heterocycles. The summed E-state index contributed by atoms with van der Waals surface area (Å²) >= 11 is 18.3. The summed E-state index contributed by atoms with van der Waals surface area (Å²) in [5, 5.41) is 3.84. The van der Waals surface area contributed by atoms with Gasteiger partial charge in [0.05, 0.1) is 11.4 Å². The van der Waals surface area contributed by atoms with Crippen LogP contribution in [0.5, 0.6) is 0 Å². The topological polar surface area (TPSA) is 66.5 Å². The smallest absolute Gasteiger partial charge is 0.243 e. The maximum absolute atomic E-state index is 13.2. The number of carbonyl (C=O) groups is 1. The molecule has 1 atom stereocenters. The molecule has 0 heterocycles. The first-order valence-corrected chi connectivity index (χ1v) is 11.2. The van der Waals surface area contributed by atoms with Crippen molar-refractivity contribution >= 4 is 50.7 Å². The number of carbonyl (C=O) groups excluding carboxylic acids is 1. The molecule has 1 N–H and O–H groups in total. The third-order valence-corrected chi connectivity index (χ3v) is 6.95. The maximum Gasteiger partial charge on any atom is 0.243 e. The van der Waals surface area contributed by atoms with Crippen LogP contribution in [-0.4, -0.2) is 31.2 Å². The number of nitrogens with one attached hydrogen (secondary N) is 1. The zero-order chi connectivity index (χ0) is 20.9. The molecule has 2 aromatic rings. The monoisotopic (exact) mass is 462 g/mol. The van der Waals surface area contributed by atoms with Gasteiger partial charge in [-0.2, -0.15) is 4.31 Å². The van der Waals surface area contributed by atoms with Crippen molar-refractivity contribution in [2.45, 2.75) is 37.8 Å². The Morgan fingerprint density at radius 1 is 1.07 bits per heavy atom. The molecule has 28 heavy (non-hydrogen) atoms. The average Bonchev–Trinajstić information content (AvgIpc) is 2.64. The fourth-order valence-electron chi connectivity index (χ4n) is 2.42. The predicted molar refractivity (Wildman–Crippen MR) is 113 cm³/mol. The van der Waals surface area contributed by atoms with Crippen molar-refractivity contribution in [2.75, 3.05) is 6.54 Å². The third kappa shape index (κ3) is 5.84. The first-order valence-electron chi connectivity index (χ1n) is 8.63. The summed E-state index contributed by atoms with van der Waals surface area (Å²) in [7, 11) is -3.99. The Hall–Kier alpha value is -1.31. The molecule has 9 heteroatoms. The van der Waals surface area contributed by atoms with Gasteiger partial charge in [-0.3, -0.25) is 4.79 Å². The van der Waals surface area contributed by atoms with Gasteiger partial charge in [-0.1, -0.05) is 47.8 Å². The van der Waals surface area contributed by atoms with Crippen LogP contribution in [0.1, 0.15) is 25.8 Å². The standard InChI is InChI=1S/C19H21Cl3N2O3S/c1-3-13(2)23-19(25)12-24(11-16-17(21)5-4-6-18(16)22)28(26,27)15-9-7-14(20)8-10-15/h4-10,13H,3,11-12H2,1-2H3,(H,23,25)/t13-/m1/s1. The number of sulfonamides is 1. The summed E-state index contributed by atoms with van der Waals surface area (Å²) in [6.45, 7) is 3.27. The molecule has 0 aliphatic rings. The minimum absolute atomic E-state index is 0.0245. The van der Waals surface area contributed by atoms with E-state index in [4.69, 9.17) is 34.8 Å². The van der Waals surface area contributed by atoms with E-state index in [1.54, 1.807) is 18.2 Å². The predicted octanol–water partition coefficient (Wildman–Crippen LogP) is 4.75. The summed E-state index contributed by atoms with van der Waals surface area (Å²) in [4.78, 5) is 12.4.